The molecule has 5 rings (SSSR count). The number of hydrogen-bond donors (Lipinski definition) is 0. The lowest BCUT2D eigenvalue weighted by Crippen LogP contribution is -2.46. The standard InChI is InChI=1S/C29H33ClN4O6S/c1-4-40-26(37)18-15-31-27-32-28(33-34(27)16-18)41-25-21(35)13-29(14-22(25)36,19-7-5-6-8-19)10-9-17-11-20(30)24(39-3)12-23(17)38-2/h11-12,15-16,19,25H,4-10,13-14H2,1-3H3. The number of thioether (sulfide) groups is 1. The summed E-state index contributed by atoms with van der Waals surface area (Å²) < 4.78 is 17.3. The number of aromatic nitrogens is 4. The first kappa shape index (κ1) is 29.3. The molecule has 218 valence electrons. The maximum Gasteiger partial charge on any atom is 0.341 e. The van der Waals surface area contributed by atoms with Crippen molar-refractivity contribution in [3.05, 3.63) is 40.7 Å². The van der Waals surface area contributed by atoms with E-state index < -0.39 is 16.6 Å². The number of carbonyl (C=O) groups excluding carboxylic acids is 3. The zero-order valence-electron chi connectivity index (χ0n) is 23.4. The van der Waals surface area contributed by atoms with Crippen LogP contribution in [0, 0.1) is 11.3 Å². The first-order chi connectivity index (χ1) is 19.8. The highest BCUT2D eigenvalue weighted by atomic mass is 35.5. The summed E-state index contributed by atoms with van der Waals surface area (Å²) in [6, 6.07) is 3.62. The van der Waals surface area contributed by atoms with Crippen LogP contribution in [0.4, 0.5) is 0 Å². The fraction of sp³-hybridized carbons (Fsp3) is 0.517. The van der Waals surface area contributed by atoms with Gasteiger partial charge < -0.3 is 14.2 Å². The van der Waals surface area contributed by atoms with Crippen LogP contribution in [0.25, 0.3) is 5.78 Å². The molecule has 0 aliphatic heterocycles. The lowest BCUT2D eigenvalue weighted by molar-refractivity contribution is -0.135. The molecular weight excluding hydrogens is 568 g/mol. The lowest BCUT2D eigenvalue weighted by Gasteiger charge is -2.43. The Morgan fingerprint density at radius 3 is 2.49 bits per heavy atom. The van der Waals surface area contributed by atoms with Gasteiger partial charge in [0.1, 0.15) is 16.7 Å². The number of benzene rings is 1. The molecule has 0 spiro atoms. The first-order valence-corrected chi connectivity index (χ1v) is 15.0. The van der Waals surface area contributed by atoms with Gasteiger partial charge in [0.2, 0.25) is 5.16 Å². The van der Waals surface area contributed by atoms with Gasteiger partial charge in [-0.1, -0.05) is 36.2 Å². The molecule has 0 bridgehead atoms. The molecule has 0 radical (unpaired) electrons. The summed E-state index contributed by atoms with van der Waals surface area (Å²) in [5.74, 6) is 1.07. The molecule has 0 N–H and O–H groups in total. The van der Waals surface area contributed by atoms with E-state index in [9.17, 15) is 14.4 Å². The highest BCUT2D eigenvalue weighted by Crippen LogP contribution is 2.52. The molecule has 2 fully saturated rings. The number of aryl methyl sites for hydroxylation is 1. The third-order valence-corrected chi connectivity index (χ3v) is 9.66. The molecule has 41 heavy (non-hydrogen) atoms. The predicted molar refractivity (Wildman–Crippen MR) is 153 cm³/mol. The zero-order valence-corrected chi connectivity index (χ0v) is 24.9. The highest BCUT2D eigenvalue weighted by molar-refractivity contribution is 8.01. The van der Waals surface area contributed by atoms with Crippen LogP contribution in [0.15, 0.2) is 29.7 Å². The molecule has 2 aliphatic carbocycles. The number of methoxy groups -OCH3 is 2. The van der Waals surface area contributed by atoms with Gasteiger partial charge in [0.25, 0.3) is 5.78 Å². The fourth-order valence-corrected chi connectivity index (χ4v) is 7.37. The topological polar surface area (TPSA) is 122 Å². The van der Waals surface area contributed by atoms with Gasteiger partial charge >= 0.3 is 5.97 Å². The maximum absolute atomic E-state index is 13.6. The minimum absolute atomic E-state index is 0.100. The van der Waals surface area contributed by atoms with Crippen LogP contribution in [0.1, 0.15) is 67.8 Å². The molecule has 2 aromatic heterocycles. The second kappa shape index (κ2) is 12.4. The summed E-state index contributed by atoms with van der Waals surface area (Å²) in [6.07, 6.45) is 9.05. The number of fused-ring (bicyclic) bond motifs is 1. The number of halogens is 1. The number of rotatable bonds is 10. The molecule has 2 heterocycles. The number of Topliss-reactive ketones (excluding diaryl/α,β-unsaturated/α-hetero) is 2. The van der Waals surface area contributed by atoms with Crippen LogP contribution in [-0.4, -0.2) is 63.2 Å². The second-order valence-electron chi connectivity index (χ2n) is 10.6. The molecule has 0 unspecified atom stereocenters. The van der Waals surface area contributed by atoms with E-state index in [0.717, 1.165) is 43.0 Å². The van der Waals surface area contributed by atoms with Crippen LogP contribution in [0.3, 0.4) is 0 Å². The molecule has 3 aromatic rings. The Hall–Kier alpha value is -3.18. The number of esters is 1. The van der Waals surface area contributed by atoms with E-state index in [1.54, 1.807) is 27.2 Å². The number of ether oxygens (including phenoxy) is 3. The van der Waals surface area contributed by atoms with Crippen LogP contribution >= 0.6 is 23.4 Å². The lowest BCUT2D eigenvalue weighted by atomic mass is 9.61. The Kier molecular flexibility index (Phi) is 8.84. The molecule has 0 amide bonds. The van der Waals surface area contributed by atoms with Gasteiger partial charge in [0, 0.05) is 31.3 Å². The van der Waals surface area contributed by atoms with Crippen molar-refractivity contribution >= 4 is 46.7 Å². The summed E-state index contributed by atoms with van der Waals surface area (Å²) in [6.45, 7) is 1.96. The second-order valence-corrected chi connectivity index (χ2v) is 12.1. The molecular formula is C29H33ClN4O6S. The number of carbonyl (C=O) groups is 3. The summed E-state index contributed by atoms with van der Waals surface area (Å²) in [7, 11) is 3.16. The first-order valence-electron chi connectivity index (χ1n) is 13.8. The largest absolute Gasteiger partial charge is 0.496 e. The third kappa shape index (κ3) is 6.06. The van der Waals surface area contributed by atoms with Crippen LogP contribution < -0.4 is 9.47 Å². The number of ketones is 2. The Morgan fingerprint density at radius 2 is 1.83 bits per heavy atom. The third-order valence-electron chi connectivity index (χ3n) is 8.21. The van der Waals surface area contributed by atoms with Crippen LogP contribution in [-0.2, 0) is 20.7 Å². The van der Waals surface area contributed by atoms with E-state index in [0.29, 0.717) is 48.1 Å². The van der Waals surface area contributed by atoms with Crippen molar-refractivity contribution in [3.8, 4) is 11.5 Å². The van der Waals surface area contributed by atoms with E-state index >= 15 is 0 Å². The van der Waals surface area contributed by atoms with Crippen molar-refractivity contribution in [2.24, 2.45) is 11.3 Å². The van der Waals surface area contributed by atoms with Crippen molar-refractivity contribution in [1.82, 2.24) is 19.6 Å². The average molecular weight is 601 g/mol. The summed E-state index contributed by atoms with van der Waals surface area (Å²) in [5, 5.41) is 4.24. The number of nitrogens with zero attached hydrogens (tertiary/aromatic N) is 4. The van der Waals surface area contributed by atoms with Gasteiger partial charge in [-0.2, -0.15) is 4.98 Å². The quantitative estimate of drug-likeness (QED) is 0.227. The van der Waals surface area contributed by atoms with Crippen LogP contribution in [0.2, 0.25) is 5.02 Å². The molecule has 1 aromatic carbocycles. The van der Waals surface area contributed by atoms with Crippen molar-refractivity contribution in [2.45, 2.75) is 68.7 Å². The van der Waals surface area contributed by atoms with E-state index in [1.807, 2.05) is 6.07 Å². The van der Waals surface area contributed by atoms with Gasteiger partial charge in [-0.15, -0.1) is 5.10 Å². The van der Waals surface area contributed by atoms with Gasteiger partial charge in [-0.25, -0.2) is 14.3 Å². The Morgan fingerprint density at radius 1 is 1.12 bits per heavy atom. The molecule has 2 aliphatic rings. The van der Waals surface area contributed by atoms with Crippen molar-refractivity contribution < 1.29 is 28.6 Å². The monoisotopic (exact) mass is 600 g/mol. The van der Waals surface area contributed by atoms with Gasteiger partial charge in [0.05, 0.1) is 31.4 Å². The minimum Gasteiger partial charge on any atom is -0.496 e. The van der Waals surface area contributed by atoms with E-state index in [-0.39, 0.29) is 34.7 Å². The maximum atomic E-state index is 13.6. The fourth-order valence-electron chi connectivity index (χ4n) is 6.20. The number of hydrogen-bond acceptors (Lipinski definition) is 10. The Bertz CT molecular complexity index is 1450. The van der Waals surface area contributed by atoms with E-state index in [4.69, 9.17) is 25.8 Å². The summed E-state index contributed by atoms with van der Waals surface area (Å²) >= 11 is 7.47. The average Bonchev–Trinajstić information content (AvgIpc) is 3.64. The molecule has 10 nitrogen and oxygen atoms in total. The van der Waals surface area contributed by atoms with Gasteiger partial charge in [-0.3, -0.25) is 9.59 Å². The predicted octanol–water partition coefficient (Wildman–Crippen LogP) is 5.17. The zero-order chi connectivity index (χ0) is 29.1. The van der Waals surface area contributed by atoms with E-state index in [2.05, 4.69) is 15.1 Å². The smallest absolute Gasteiger partial charge is 0.341 e. The van der Waals surface area contributed by atoms with Crippen LogP contribution in [0.5, 0.6) is 11.5 Å². The normalized spacial score (nSPS) is 21.4. The summed E-state index contributed by atoms with van der Waals surface area (Å²) in [4.78, 5) is 47.9. The Balaban J connectivity index is 1.35. The molecule has 0 atom stereocenters. The van der Waals surface area contributed by atoms with Crippen molar-refractivity contribution in [1.29, 1.82) is 0 Å². The van der Waals surface area contributed by atoms with Crippen molar-refractivity contribution in [2.75, 3.05) is 20.8 Å². The molecule has 2 saturated carbocycles. The van der Waals surface area contributed by atoms with Gasteiger partial charge in [-0.05, 0) is 55.6 Å². The van der Waals surface area contributed by atoms with Crippen molar-refractivity contribution in [3.63, 3.8) is 0 Å². The minimum atomic E-state index is -0.878. The SMILES string of the molecule is CCOC(=O)c1cnc2nc(SC3C(=O)CC(CCc4cc(Cl)c(OC)cc4OC)(C4CCCC4)CC3=O)nn2c1. The summed E-state index contributed by atoms with van der Waals surface area (Å²) in [5.41, 5.74) is 0.749. The Labute approximate surface area is 247 Å². The van der Waals surface area contributed by atoms with Gasteiger partial charge in [0.15, 0.2) is 11.6 Å². The molecule has 12 heteroatoms. The molecule has 0 saturated heterocycles. The van der Waals surface area contributed by atoms with E-state index in [1.165, 1.54) is 16.9 Å². The highest BCUT2D eigenvalue weighted by Gasteiger charge is 2.50.